The Morgan fingerprint density at radius 3 is 2.85 bits per heavy atom. The zero-order valence-corrected chi connectivity index (χ0v) is 8.55. The lowest BCUT2D eigenvalue weighted by molar-refractivity contribution is -0.259. The minimum Gasteiger partial charge on any atom is -0.396 e. The van der Waals surface area contributed by atoms with Crippen molar-refractivity contribution >= 4 is 11.6 Å². The maximum absolute atomic E-state index is 8.89. The first-order valence-electron chi connectivity index (χ1n) is 4.78. The first-order chi connectivity index (χ1) is 6.33. The fourth-order valence-corrected chi connectivity index (χ4v) is 1.68. The van der Waals surface area contributed by atoms with Crippen LogP contribution in [-0.2, 0) is 9.47 Å². The normalized spacial score (nSPS) is 29.1. The number of rotatable bonds is 5. The van der Waals surface area contributed by atoms with E-state index in [0.29, 0.717) is 18.9 Å². The number of alkyl halides is 1. The zero-order chi connectivity index (χ0) is 9.57. The molecule has 0 spiro atoms. The van der Waals surface area contributed by atoms with Crippen molar-refractivity contribution in [3.8, 4) is 0 Å². The van der Waals surface area contributed by atoms with Crippen LogP contribution in [0, 0.1) is 0 Å². The molecule has 13 heavy (non-hydrogen) atoms. The summed E-state index contributed by atoms with van der Waals surface area (Å²) < 4.78 is 11.1. The molecule has 0 aromatic carbocycles. The van der Waals surface area contributed by atoms with Gasteiger partial charge >= 0.3 is 0 Å². The summed E-state index contributed by atoms with van der Waals surface area (Å²) in [5, 5.41) is 8.89. The smallest absolute Gasteiger partial charge is 0.170 e. The minimum atomic E-state index is -0.554. The summed E-state index contributed by atoms with van der Waals surface area (Å²) in [6.45, 7) is 1.31. The third-order valence-electron chi connectivity index (χ3n) is 2.25. The van der Waals surface area contributed by atoms with Crippen molar-refractivity contribution in [3.05, 3.63) is 0 Å². The number of hydrogen-bond acceptors (Lipinski definition) is 3. The zero-order valence-electron chi connectivity index (χ0n) is 7.80. The fourth-order valence-electron chi connectivity index (χ4n) is 1.60. The van der Waals surface area contributed by atoms with Crippen molar-refractivity contribution in [2.75, 3.05) is 25.7 Å². The molecule has 78 valence electrons. The van der Waals surface area contributed by atoms with Gasteiger partial charge in [0.05, 0.1) is 13.2 Å². The third-order valence-corrected chi connectivity index (χ3v) is 2.41. The quantitative estimate of drug-likeness (QED) is 0.697. The van der Waals surface area contributed by atoms with Crippen LogP contribution in [0.2, 0.25) is 0 Å². The van der Waals surface area contributed by atoms with Crippen LogP contribution < -0.4 is 0 Å². The molecule has 0 bridgehead atoms. The van der Waals surface area contributed by atoms with Gasteiger partial charge in [-0.15, -0.1) is 11.6 Å². The van der Waals surface area contributed by atoms with E-state index in [1.165, 1.54) is 0 Å². The van der Waals surface area contributed by atoms with Crippen molar-refractivity contribution in [2.45, 2.75) is 31.5 Å². The third kappa shape index (κ3) is 3.43. The van der Waals surface area contributed by atoms with E-state index < -0.39 is 5.79 Å². The number of ether oxygens (including phenoxy) is 2. The molecule has 1 N–H and O–H groups in total. The topological polar surface area (TPSA) is 38.7 Å². The molecule has 1 unspecified atom stereocenters. The molecular formula is C9H17ClO3. The summed E-state index contributed by atoms with van der Waals surface area (Å²) in [7, 11) is 0. The Morgan fingerprint density at radius 1 is 1.46 bits per heavy atom. The highest BCUT2D eigenvalue weighted by Gasteiger charge is 2.33. The van der Waals surface area contributed by atoms with E-state index in [-0.39, 0.29) is 6.61 Å². The summed E-state index contributed by atoms with van der Waals surface area (Å²) in [5.41, 5.74) is 0. The Morgan fingerprint density at radius 2 is 2.31 bits per heavy atom. The number of halogens is 1. The summed E-state index contributed by atoms with van der Waals surface area (Å²) in [6.07, 6.45) is 3.59. The molecule has 1 fully saturated rings. The van der Waals surface area contributed by atoms with Gasteiger partial charge in [0, 0.05) is 25.3 Å². The number of aliphatic hydroxyl groups is 1. The molecule has 1 rings (SSSR count). The van der Waals surface area contributed by atoms with Crippen LogP contribution in [0.4, 0.5) is 0 Å². The Kier molecular flexibility index (Phi) is 5.02. The van der Waals surface area contributed by atoms with Gasteiger partial charge in [0.1, 0.15) is 0 Å². The van der Waals surface area contributed by atoms with Gasteiger partial charge in [-0.1, -0.05) is 0 Å². The lowest BCUT2D eigenvalue weighted by atomic mass is 10.0. The van der Waals surface area contributed by atoms with Crippen LogP contribution in [-0.4, -0.2) is 36.6 Å². The van der Waals surface area contributed by atoms with Gasteiger partial charge in [-0.2, -0.15) is 0 Å². The van der Waals surface area contributed by atoms with Crippen molar-refractivity contribution in [1.29, 1.82) is 0 Å². The van der Waals surface area contributed by atoms with Crippen LogP contribution in [0.25, 0.3) is 0 Å². The first kappa shape index (κ1) is 11.2. The van der Waals surface area contributed by atoms with E-state index in [9.17, 15) is 0 Å². The second kappa shape index (κ2) is 5.81. The van der Waals surface area contributed by atoms with Gasteiger partial charge in [0.25, 0.3) is 0 Å². The van der Waals surface area contributed by atoms with Gasteiger partial charge in [-0.25, -0.2) is 0 Å². The molecule has 0 aromatic rings. The van der Waals surface area contributed by atoms with Gasteiger partial charge in [-0.3, -0.25) is 0 Å². The lowest BCUT2D eigenvalue weighted by Gasteiger charge is -2.36. The molecule has 0 saturated carbocycles. The molecule has 0 radical (unpaired) electrons. The molecule has 1 saturated heterocycles. The fraction of sp³-hybridized carbons (Fsp3) is 1.00. The summed E-state index contributed by atoms with van der Waals surface area (Å²) in [6, 6.07) is 0. The molecule has 0 aliphatic carbocycles. The van der Waals surface area contributed by atoms with E-state index in [1.54, 1.807) is 0 Å². The Labute approximate surface area is 84.0 Å². The number of aliphatic hydroxyl groups excluding tert-OH is 1. The molecule has 1 aliphatic heterocycles. The predicted molar refractivity (Wildman–Crippen MR) is 50.9 cm³/mol. The van der Waals surface area contributed by atoms with Crippen LogP contribution in [0.15, 0.2) is 0 Å². The van der Waals surface area contributed by atoms with E-state index in [1.807, 2.05) is 0 Å². The summed E-state index contributed by atoms with van der Waals surface area (Å²) in [5.74, 6) is -0.0849. The lowest BCUT2D eigenvalue weighted by Crippen LogP contribution is -2.40. The molecule has 1 heterocycles. The Hall–Kier alpha value is 0.170. The molecule has 4 heteroatoms. The average Bonchev–Trinajstić information content (AvgIpc) is 2.17. The highest BCUT2D eigenvalue weighted by molar-refractivity contribution is 6.17. The van der Waals surface area contributed by atoms with Gasteiger partial charge in [0.2, 0.25) is 0 Å². The SMILES string of the molecule is OCCC1(OCCCl)CCCCO1. The largest absolute Gasteiger partial charge is 0.396 e. The molecule has 0 aromatic heterocycles. The second-order valence-corrected chi connectivity index (χ2v) is 3.61. The highest BCUT2D eigenvalue weighted by Crippen LogP contribution is 2.29. The van der Waals surface area contributed by atoms with Gasteiger partial charge in [0.15, 0.2) is 5.79 Å². The minimum absolute atomic E-state index is 0.0995. The van der Waals surface area contributed by atoms with Gasteiger partial charge < -0.3 is 14.6 Å². The molecule has 3 nitrogen and oxygen atoms in total. The van der Waals surface area contributed by atoms with Gasteiger partial charge in [-0.05, 0) is 12.8 Å². The standard InChI is InChI=1S/C9H17ClO3/c10-5-8-13-9(4-6-11)3-1-2-7-12-9/h11H,1-8H2. The summed E-state index contributed by atoms with van der Waals surface area (Å²) >= 11 is 5.54. The van der Waals surface area contributed by atoms with Crippen LogP contribution in [0.1, 0.15) is 25.7 Å². The predicted octanol–water partition coefficient (Wildman–Crippen LogP) is 1.52. The van der Waals surface area contributed by atoms with Crippen LogP contribution >= 0.6 is 11.6 Å². The first-order valence-corrected chi connectivity index (χ1v) is 5.31. The van der Waals surface area contributed by atoms with Crippen LogP contribution in [0.3, 0.4) is 0 Å². The van der Waals surface area contributed by atoms with E-state index >= 15 is 0 Å². The van der Waals surface area contributed by atoms with Crippen molar-refractivity contribution in [1.82, 2.24) is 0 Å². The van der Waals surface area contributed by atoms with E-state index in [4.69, 9.17) is 26.2 Å². The summed E-state index contributed by atoms with van der Waals surface area (Å²) in [4.78, 5) is 0. The molecular weight excluding hydrogens is 192 g/mol. The van der Waals surface area contributed by atoms with E-state index in [0.717, 1.165) is 25.9 Å². The Bertz CT molecular complexity index is 129. The molecule has 0 amide bonds. The van der Waals surface area contributed by atoms with Crippen molar-refractivity contribution in [3.63, 3.8) is 0 Å². The highest BCUT2D eigenvalue weighted by atomic mass is 35.5. The second-order valence-electron chi connectivity index (χ2n) is 3.23. The van der Waals surface area contributed by atoms with Crippen molar-refractivity contribution in [2.24, 2.45) is 0 Å². The molecule has 1 atom stereocenters. The van der Waals surface area contributed by atoms with E-state index in [2.05, 4.69) is 0 Å². The maximum atomic E-state index is 8.89. The Balaban J connectivity index is 2.40. The molecule has 1 aliphatic rings. The monoisotopic (exact) mass is 208 g/mol. The average molecular weight is 209 g/mol. The number of hydrogen-bond donors (Lipinski definition) is 1. The van der Waals surface area contributed by atoms with Crippen molar-refractivity contribution < 1.29 is 14.6 Å². The van der Waals surface area contributed by atoms with Crippen LogP contribution in [0.5, 0.6) is 0 Å². The maximum Gasteiger partial charge on any atom is 0.170 e.